The van der Waals surface area contributed by atoms with E-state index in [1.54, 1.807) is 38.1 Å². The minimum atomic E-state index is -1.22. The van der Waals surface area contributed by atoms with Gasteiger partial charge in [-0.1, -0.05) is 18.2 Å². The first kappa shape index (κ1) is 27.7. The third-order valence-corrected chi connectivity index (χ3v) is 7.05. The Morgan fingerprint density at radius 2 is 1.97 bits per heavy atom. The summed E-state index contributed by atoms with van der Waals surface area (Å²) in [5.41, 5.74) is -0.467. The van der Waals surface area contributed by atoms with Crippen molar-refractivity contribution in [3.05, 3.63) is 53.3 Å². The summed E-state index contributed by atoms with van der Waals surface area (Å²) >= 11 is 0. The zero-order chi connectivity index (χ0) is 27.3. The maximum absolute atomic E-state index is 14.8. The van der Waals surface area contributed by atoms with E-state index >= 15 is 0 Å². The molecule has 7 nitrogen and oxygen atoms in total. The van der Waals surface area contributed by atoms with Crippen molar-refractivity contribution in [2.75, 3.05) is 32.8 Å². The normalized spacial score (nSPS) is 18.7. The molecule has 4 rings (SSSR count). The lowest BCUT2D eigenvalue weighted by molar-refractivity contribution is -0.121. The van der Waals surface area contributed by atoms with Crippen LogP contribution in [0.4, 0.5) is 8.78 Å². The van der Waals surface area contributed by atoms with E-state index in [1.807, 2.05) is 0 Å². The predicted molar refractivity (Wildman–Crippen MR) is 140 cm³/mol. The van der Waals surface area contributed by atoms with Gasteiger partial charge in [-0.25, -0.2) is 8.78 Å². The monoisotopic (exact) mass is 524 g/mol. The number of imide groups is 1. The minimum Gasteiger partial charge on any atom is -0.492 e. The number of halogens is 2. The standard InChI is InChI=1S/C29H34F2N4O3/c1-29(2,31)18-35-13-10-19(11-14-35)17-38-25-9-8-20(15-21(25)16-32)22-5-3-6-23(30)26(22)28(37)34-27(36)24-7-4-12-33-24/h3,5-6,8-9,15,19,24,33H,4,7,10-14,17-18H2,1-2H3,(H,34,36,37)/t24-/m0/s1. The van der Waals surface area contributed by atoms with Crippen molar-refractivity contribution >= 4 is 11.8 Å². The number of amides is 2. The Morgan fingerprint density at radius 1 is 1.21 bits per heavy atom. The van der Waals surface area contributed by atoms with E-state index in [0.29, 0.717) is 43.3 Å². The average Bonchev–Trinajstić information content (AvgIpc) is 3.42. The van der Waals surface area contributed by atoms with Crippen molar-refractivity contribution in [1.82, 2.24) is 15.5 Å². The van der Waals surface area contributed by atoms with E-state index in [2.05, 4.69) is 21.6 Å². The third kappa shape index (κ3) is 6.94. The molecule has 0 aromatic heterocycles. The molecule has 1 atom stereocenters. The lowest BCUT2D eigenvalue weighted by Gasteiger charge is -2.34. The number of carbonyl (C=O) groups is 2. The second-order valence-corrected chi connectivity index (χ2v) is 10.7. The fraction of sp³-hybridized carbons (Fsp3) is 0.483. The van der Waals surface area contributed by atoms with Gasteiger partial charge in [0.15, 0.2) is 0 Å². The quantitative estimate of drug-likeness (QED) is 0.503. The summed E-state index contributed by atoms with van der Waals surface area (Å²) in [7, 11) is 0. The molecule has 2 aromatic rings. The summed E-state index contributed by atoms with van der Waals surface area (Å²) in [5.74, 6) is -1.35. The number of nitrogens with one attached hydrogen (secondary N) is 2. The number of alkyl halides is 1. The maximum atomic E-state index is 14.8. The van der Waals surface area contributed by atoms with Crippen molar-refractivity contribution < 1.29 is 23.1 Å². The van der Waals surface area contributed by atoms with E-state index in [0.717, 1.165) is 32.4 Å². The summed E-state index contributed by atoms with van der Waals surface area (Å²) in [4.78, 5) is 27.5. The van der Waals surface area contributed by atoms with Gasteiger partial charge in [0.1, 0.15) is 23.3 Å². The highest BCUT2D eigenvalue weighted by Gasteiger charge is 2.27. The maximum Gasteiger partial charge on any atom is 0.261 e. The number of rotatable bonds is 8. The van der Waals surface area contributed by atoms with E-state index in [-0.39, 0.29) is 16.7 Å². The Morgan fingerprint density at radius 3 is 2.63 bits per heavy atom. The molecule has 2 aromatic carbocycles. The molecule has 2 amide bonds. The molecule has 0 saturated carbocycles. The molecule has 2 N–H and O–H groups in total. The van der Waals surface area contributed by atoms with Gasteiger partial charge in [0, 0.05) is 6.54 Å². The molecular weight excluding hydrogens is 490 g/mol. The lowest BCUT2D eigenvalue weighted by Crippen LogP contribution is -2.43. The van der Waals surface area contributed by atoms with Crippen LogP contribution in [-0.4, -0.2) is 61.2 Å². The molecule has 2 fully saturated rings. The largest absolute Gasteiger partial charge is 0.492 e. The van der Waals surface area contributed by atoms with Gasteiger partial charge in [0.05, 0.1) is 23.8 Å². The number of nitriles is 1. The first-order valence-corrected chi connectivity index (χ1v) is 13.1. The zero-order valence-corrected chi connectivity index (χ0v) is 21.9. The Bertz CT molecular complexity index is 1210. The van der Waals surface area contributed by atoms with Crippen LogP contribution >= 0.6 is 0 Å². The summed E-state index contributed by atoms with van der Waals surface area (Å²) in [6.07, 6.45) is 3.21. The molecule has 0 unspecified atom stereocenters. The highest BCUT2D eigenvalue weighted by molar-refractivity contribution is 6.09. The average molecular weight is 525 g/mol. The molecule has 0 bridgehead atoms. The fourth-order valence-electron chi connectivity index (χ4n) is 5.13. The third-order valence-electron chi connectivity index (χ3n) is 7.05. The molecule has 2 aliphatic rings. The number of nitrogens with zero attached hydrogens (tertiary/aromatic N) is 2. The first-order valence-electron chi connectivity index (χ1n) is 13.1. The van der Waals surface area contributed by atoms with E-state index in [1.165, 1.54) is 12.1 Å². The zero-order valence-electron chi connectivity index (χ0n) is 21.9. The van der Waals surface area contributed by atoms with Crippen molar-refractivity contribution in [3.63, 3.8) is 0 Å². The van der Waals surface area contributed by atoms with Gasteiger partial charge >= 0.3 is 0 Å². The van der Waals surface area contributed by atoms with Crippen LogP contribution in [0.25, 0.3) is 11.1 Å². The molecular formula is C29H34F2N4O3. The van der Waals surface area contributed by atoms with Crippen LogP contribution in [0.5, 0.6) is 5.75 Å². The van der Waals surface area contributed by atoms with Gasteiger partial charge < -0.3 is 15.0 Å². The van der Waals surface area contributed by atoms with Crippen LogP contribution in [0.1, 0.15) is 55.5 Å². The van der Waals surface area contributed by atoms with Crippen molar-refractivity contribution in [1.29, 1.82) is 5.26 Å². The number of hydrogen-bond donors (Lipinski definition) is 2. The smallest absolute Gasteiger partial charge is 0.261 e. The number of benzene rings is 2. The highest BCUT2D eigenvalue weighted by Crippen LogP contribution is 2.31. The summed E-state index contributed by atoms with van der Waals surface area (Å²) in [6, 6.07) is 10.8. The number of hydrogen-bond acceptors (Lipinski definition) is 6. The van der Waals surface area contributed by atoms with Crippen molar-refractivity contribution in [2.24, 2.45) is 5.92 Å². The Balaban J connectivity index is 1.44. The molecule has 0 aliphatic carbocycles. The molecule has 2 heterocycles. The van der Waals surface area contributed by atoms with E-state index < -0.39 is 29.3 Å². The lowest BCUT2D eigenvalue weighted by atomic mass is 9.96. The second kappa shape index (κ2) is 12.0. The van der Waals surface area contributed by atoms with Crippen LogP contribution < -0.4 is 15.4 Å². The van der Waals surface area contributed by atoms with E-state index in [9.17, 15) is 23.6 Å². The Labute approximate surface area is 222 Å². The molecule has 2 aliphatic heterocycles. The number of piperidine rings is 1. The second-order valence-electron chi connectivity index (χ2n) is 10.7. The van der Waals surface area contributed by atoms with Crippen LogP contribution in [0, 0.1) is 23.1 Å². The van der Waals surface area contributed by atoms with Gasteiger partial charge in [0.25, 0.3) is 5.91 Å². The summed E-state index contributed by atoms with van der Waals surface area (Å²) in [6.45, 7) is 6.31. The molecule has 2 saturated heterocycles. The Kier molecular flexibility index (Phi) is 8.75. The summed E-state index contributed by atoms with van der Waals surface area (Å²) in [5, 5.41) is 15.1. The molecule has 202 valence electrons. The predicted octanol–water partition coefficient (Wildman–Crippen LogP) is 4.21. The van der Waals surface area contributed by atoms with Gasteiger partial charge in [0.2, 0.25) is 5.91 Å². The number of carbonyl (C=O) groups excluding carboxylic acids is 2. The van der Waals surface area contributed by atoms with Crippen LogP contribution in [0.2, 0.25) is 0 Å². The topological polar surface area (TPSA) is 94.5 Å². The van der Waals surface area contributed by atoms with Crippen molar-refractivity contribution in [3.8, 4) is 22.9 Å². The van der Waals surface area contributed by atoms with Gasteiger partial charge in [-0.2, -0.15) is 5.26 Å². The van der Waals surface area contributed by atoms with Crippen molar-refractivity contribution in [2.45, 2.75) is 51.2 Å². The fourth-order valence-corrected chi connectivity index (χ4v) is 5.13. The van der Waals surface area contributed by atoms with E-state index in [4.69, 9.17) is 4.74 Å². The van der Waals surface area contributed by atoms with Crippen LogP contribution in [0.15, 0.2) is 36.4 Å². The number of ether oxygens (including phenoxy) is 1. The van der Waals surface area contributed by atoms with Crippen LogP contribution in [0.3, 0.4) is 0 Å². The van der Waals surface area contributed by atoms with Gasteiger partial charge in [-0.05, 0) is 94.4 Å². The number of likely N-dealkylation sites (tertiary alicyclic amines) is 1. The molecule has 0 spiro atoms. The Hall–Kier alpha value is -3.35. The first-order chi connectivity index (χ1) is 18.1. The van der Waals surface area contributed by atoms with Crippen LogP contribution in [-0.2, 0) is 4.79 Å². The van der Waals surface area contributed by atoms with Gasteiger partial charge in [-0.3, -0.25) is 14.9 Å². The highest BCUT2D eigenvalue weighted by atomic mass is 19.1. The SMILES string of the molecule is CC(C)(F)CN1CCC(COc2ccc(-c3cccc(F)c3C(=O)NC(=O)[C@@H]3CCCN3)cc2C#N)CC1. The minimum absolute atomic E-state index is 0.250. The molecule has 38 heavy (non-hydrogen) atoms. The van der Waals surface area contributed by atoms with Gasteiger partial charge in [-0.15, -0.1) is 0 Å². The summed E-state index contributed by atoms with van der Waals surface area (Å²) < 4.78 is 34.7. The molecule has 0 radical (unpaired) electrons. The molecule has 9 heteroatoms.